The SMILES string of the molecule is CCC=CCC=CCC=CC/C=C\CCCCCCC(=O)O.CCCCC/C=C\C/C=C\C/C=C\C/C=C\CCCC(=O)O. The first-order chi connectivity index (χ1) is 21.5. The first-order valence-corrected chi connectivity index (χ1v) is 17.2. The van der Waals surface area contributed by atoms with E-state index in [1.54, 1.807) is 0 Å². The Bertz CT molecular complexity index is 868. The molecule has 0 aromatic rings. The Morgan fingerprint density at radius 3 is 1.09 bits per heavy atom. The molecule has 4 nitrogen and oxygen atoms in total. The number of rotatable bonds is 28. The summed E-state index contributed by atoms with van der Waals surface area (Å²) in [6, 6.07) is 0. The molecule has 2 N–H and O–H groups in total. The van der Waals surface area contributed by atoms with Crippen molar-refractivity contribution < 1.29 is 19.8 Å². The predicted octanol–water partition coefficient (Wildman–Crippen LogP) is 12.4. The molecule has 0 unspecified atom stereocenters. The fraction of sp³-hybridized carbons (Fsp3) is 0.550. The van der Waals surface area contributed by atoms with Gasteiger partial charge in [0.15, 0.2) is 0 Å². The molecule has 4 heteroatoms. The van der Waals surface area contributed by atoms with Crippen LogP contribution in [0.4, 0.5) is 0 Å². The van der Waals surface area contributed by atoms with Crippen molar-refractivity contribution in [1.29, 1.82) is 0 Å². The largest absolute Gasteiger partial charge is 0.481 e. The van der Waals surface area contributed by atoms with Gasteiger partial charge in [-0.05, 0) is 89.9 Å². The van der Waals surface area contributed by atoms with E-state index < -0.39 is 11.9 Å². The lowest BCUT2D eigenvalue weighted by atomic mass is 10.1. The van der Waals surface area contributed by atoms with Crippen LogP contribution in [-0.4, -0.2) is 22.2 Å². The van der Waals surface area contributed by atoms with Gasteiger partial charge in [-0.2, -0.15) is 0 Å². The van der Waals surface area contributed by atoms with Crippen LogP contribution in [0.15, 0.2) is 97.2 Å². The van der Waals surface area contributed by atoms with Gasteiger partial charge < -0.3 is 10.2 Å². The van der Waals surface area contributed by atoms with Gasteiger partial charge in [-0.15, -0.1) is 0 Å². The van der Waals surface area contributed by atoms with E-state index >= 15 is 0 Å². The van der Waals surface area contributed by atoms with Gasteiger partial charge >= 0.3 is 11.9 Å². The van der Waals surface area contributed by atoms with Crippen LogP contribution in [0.1, 0.15) is 142 Å². The Kier molecular flexibility index (Phi) is 38.9. The molecule has 0 saturated heterocycles. The number of carbonyl (C=O) groups is 2. The molecule has 0 amide bonds. The fourth-order valence-corrected chi connectivity index (χ4v) is 3.92. The summed E-state index contributed by atoms with van der Waals surface area (Å²) >= 11 is 0. The number of hydrogen-bond donors (Lipinski definition) is 2. The zero-order valence-corrected chi connectivity index (χ0v) is 28.1. The third-order valence-electron chi connectivity index (χ3n) is 6.45. The Labute approximate surface area is 270 Å². The molecule has 44 heavy (non-hydrogen) atoms. The van der Waals surface area contributed by atoms with Crippen LogP contribution in [-0.2, 0) is 9.59 Å². The number of unbranched alkanes of at least 4 members (excludes halogenated alkanes) is 8. The monoisotopic (exact) mass is 608 g/mol. The molecule has 0 bridgehead atoms. The van der Waals surface area contributed by atoms with E-state index in [-0.39, 0.29) is 6.42 Å². The van der Waals surface area contributed by atoms with Crippen LogP contribution >= 0.6 is 0 Å². The molecule has 0 aromatic heterocycles. The van der Waals surface area contributed by atoms with Crippen LogP contribution in [0.5, 0.6) is 0 Å². The van der Waals surface area contributed by atoms with Crippen LogP contribution in [0.25, 0.3) is 0 Å². The molecule has 0 spiro atoms. The smallest absolute Gasteiger partial charge is 0.303 e. The zero-order valence-electron chi connectivity index (χ0n) is 28.1. The minimum absolute atomic E-state index is 0.262. The van der Waals surface area contributed by atoms with Gasteiger partial charge in [-0.3, -0.25) is 9.59 Å². The van der Waals surface area contributed by atoms with Gasteiger partial charge in [0, 0.05) is 12.8 Å². The molecule has 0 aromatic carbocycles. The second-order valence-corrected chi connectivity index (χ2v) is 10.7. The second-order valence-electron chi connectivity index (χ2n) is 10.7. The highest BCUT2D eigenvalue weighted by molar-refractivity contribution is 5.66. The molecule has 0 saturated carbocycles. The Morgan fingerprint density at radius 2 is 0.705 bits per heavy atom. The molecule has 0 radical (unpaired) electrons. The van der Waals surface area contributed by atoms with E-state index in [1.165, 1.54) is 25.7 Å². The third kappa shape index (κ3) is 45.8. The molecular weight excluding hydrogens is 544 g/mol. The Morgan fingerprint density at radius 1 is 0.386 bits per heavy atom. The Hall–Kier alpha value is -3.14. The number of allylic oxidation sites excluding steroid dienone is 16. The van der Waals surface area contributed by atoms with E-state index in [0.717, 1.165) is 89.9 Å². The standard InChI is InChI=1S/2C20H32O2/c2*1-2-3-4-5-6-7-8-9-10-11-12-13-14-15-16-17-18-19-20(21)22/h6-7,9-10,12-13,15-16H,2-5,8,11,14,17-19H2,1H3,(H,21,22);3-4,6-7,9-10,12-13H,2,5,8,11,14-19H2,1H3,(H,21,22)/b7-6-,10-9-,13-12-,16-15-;4-3?,7-6?,10-9?,13-12-. The lowest BCUT2D eigenvalue weighted by Gasteiger charge is -1.96. The summed E-state index contributed by atoms with van der Waals surface area (Å²) < 4.78 is 0. The summed E-state index contributed by atoms with van der Waals surface area (Å²) in [5.41, 5.74) is 0. The van der Waals surface area contributed by atoms with Crippen molar-refractivity contribution >= 4 is 11.9 Å². The quantitative estimate of drug-likeness (QED) is 0.0684. The minimum Gasteiger partial charge on any atom is -0.481 e. The molecule has 0 fully saturated rings. The molecule has 0 atom stereocenters. The van der Waals surface area contributed by atoms with Crippen LogP contribution in [0, 0.1) is 0 Å². The summed E-state index contributed by atoms with van der Waals surface area (Å²) in [5.74, 6) is -1.39. The molecule has 0 aliphatic carbocycles. The van der Waals surface area contributed by atoms with E-state index in [1.807, 2.05) is 0 Å². The average molecular weight is 609 g/mol. The minimum atomic E-state index is -0.712. The maximum atomic E-state index is 10.3. The van der Waals surface area contributed by atoms with Crippen LogP contribution in [0.3, 0.4) is 0 Å². The Balaban J connectivity index is 0. The van der Waals surface area contributed by atoms with Crippen molar-refractivity contribution in [2.24, 2.45) is 0 Å². The topological polar surface area (TPSA) is 74.6 Å². The summed E-state index contributed by atoms with van der Waals surface area (Å²) in [7, 11) is 0. The van der Waals surface area contributed by atoms with E-state index in [4.69, 9.17) is 10.2 Å². The van der Waals surface area contributed by atoms with Crippen molar-refractivity contribution in [3.63, 3.8) is 0 Å². The maximum absolute atomic E-state index is 10.3. The summed E-state index contributed by atoms with van der Waals surface area (Å²) in [5, 5.41) is 17.0. The van der Waals surface area contributed by atoms with Crippen molar-refractivity contribution in [2.45, 2.75) is 142 Å². The normalized spacial score (nSPS) is 12.4. The summed E-state index contributed by atoms with van der Waals surface area (Å²) in [6.45, 7) is 4.38. The summed E-state index contributed by atoms with van der Waals surface area (Å²) in [6.07, 6.45) is 54.7. The number of carboxylic acid groups (broad SMARTS) is 2. The van der Waals surface area contributed by atoms with E-state index in [0.29, 0.717) is 6.42 Å². The second kappa shape index (κ2) is 39.9. The van der Waals surface area contributed by atoms with E-state index in [2.05, 4.69) is 111 Å². The van der Waals surface area contributed by atoms with Gasteiger partial charge in [0.1, 0.15) is 0 Å². The van der Waals surface area contributed by atoms with Gasteiger partial charge in [-0.25, -0.2) is 0 Å². The maximum Gasteiger partial charge on any atom is 0.303 e. The van der Waals surface area contributed by atoms with Crippen molar-refractivity contribution in [1.82, 2.24) is 0 Å². The molecule has 0 aliphatic rings. The highest BCUT2D eigenvalue weighted by atomic mass is 16.4. The van der Waals surface area contributed by atoms with Gasteiger partial charge in [-0.1, -0.05) is 137 Å². The van der Waals surface area contributed by atoms with Crippen molar-refractivity contribution in [2.75, 3.05) is 0 Å². The molecule has 0 aliphatic heterocycles. The van der Waals surface area contributed by atoms with Crippen LogP contribution in [0.2, 0.25) is 0 Å². The van der Waals surface area contributed by atoms with Gasteiger partial charge in [0.2, 0.25) is 0 Å². The number of carboxylic acids is 2. The van der Waals surface area contributed by atoms with Gasteiger partial charge in [0.25, 0.3) is 0 Å². The molecular formula is C40H64O4. The highest BCUT2D eigenvalue weighted by Gasteiger charge is 1.95. The lowest BCUT2D eigenvalue weighted by Crippen LogP contribution is -1.93. The summed E-state index contributed by atoms with van der Waals surface area (Å²) in [4.78, 5) is 20.6. The number of aliphatic carboxylic acids is 2. The van der Waals surface area contributed by atoms with Gasteiger partial charge in [0.05, 0.1) is 0 Å². The fourth-order valence-electron chi connectivity index (χ4n) is 3.92. The van der Waals surface area contributed by atoms with Crippen molar-refractivity contribution in [3.8, 4) is 0 Å². The van der Waals surface area contributed by atoms with Crippen molar-refractivity contribution in [3.05, 3.63) is 97.2 Å². The average Bonchev–Trinajstić information content (AvgIpc) is 3.00. The first kappa shape index (κ1) is 43.0. The molecule has 248 valence electrons. The highest BCUT2D eigenvalue weighted by Crippen LogP contribution is 2.06. The zero-order chi connectivity index (χ0) is 32.6. The van der Waals surface area contributed by atoms with E-state index in [9.17, 15) is 9.59 Å². The van der Waals surface area contributed by atoms with Crippen LogP contribution < -0.4 is 0 Å². The molecule has 0 rings (SSSR count). The predicted molar refractivity (Wildman–Crippen MR) is 192 cm³/mol. The lowest BCUT2D eigenvalue weighted by molar-refractivity contribution is -0.138. The third-order valence-corrected chi connectivity index (χ3v) is 6.45. The first-order valence-electron chi connectivity index (χ1n) is 17.2. The molecule has 0 heterocycles. The number of hydrogen-bond acceptors (Lipinski definition) is 2.